The van der Waals surface area contributed by atoms with Gasteiger partial charge in [0, 0.05) is 0 Å². The third kappa shape index (κ3) is 1.73. The van der Waals surface area contributed by atoms with E-state index in [0.717, 1.165) is 13.0 Å². The molecule has 0 aromatic carbocycles. The maximum atomic E-state index is 5.41. The summed E-state index contributed by atoms with van der Waals surface area (Å²) >= 11 is 0. The highest BCUT2D eigenvalue weighted by molar-refractivity contribution is 6.58. The monoisotopic (exact) mass is 141 g/mol. The number of nitrogens with zero attached hydrogens (tertiary/aromatic N) is 1. The first-order valence-corrected chi connectivity index (χ1v) is 4.15. The largest absolute Gasteiger partial charge is 0.419 e. The Labute approximate surface area is 63.7 Å². The maximum Gasteiger partial charge on any atom is 0.410 e. The number of hydrogen-bond acceptors (Lipinski definition) is 2. The van der Waals surface area contributed by atoms with Crippen LogP contribution in [-0.4, -0.2) is 31.5 Å². The summed E-state index contributed by atoms with van der Waals surface area (Å²) < 4.78 is 5.41. The quantitative estimate of drug-likeness (QED) is 0.431. The van der Waals surface area contributed by atoms with Crippen LogP contribution in [0.1, 0.15) is 26.7 Å². The Morgan fingerprint density at radius 3 is 2.60 bits per heavy atom. The fourth-order valence-electron chi connectivity index (χ4n) is 1.30. The van der Waals surface area contributed by atoms with Gasteiger partial charge >= 0.3 is 7.05 Å². The highest BCUT2D eigenvalue weighted by Crippen LogP contribution is 2.22. The second kappa shape index (κ2) is 3.40. The molecule has 0 bridgehead atoms. The van der Waals surface area contributed by atoms with Gasteiger partial charge in [0.1, 0.15) is 0 Å². The topological polar surface area (TPSA) is 15.8 Å². The second-order valence-electron chi connectivity index (χ2n) is 2.95. The zero-order valence-corrected chi connectivity index (χ0v) is 7.13. The molecule has 1 heterocycles. The van der Waals surface area contributed by atoms with Crippen LogP contribution in [0, 0.1) is 0 Å². The van der Waals surface area contributed by atoms with Crippen molar-refractivity contribution in [1.82, 2.24) is 4.81 Å². The molecule has 0 radical (unpaired) electrons. The summed E-state index contributed by atoms with van der Waals surface area (Å²) in [6.07, 6.45) is 2.37. The van der Waals surface area contributed by atoms with Gasteiger partial charge in [-0.2, -0.15) is 0 Å². The van der Waals surface area contributed by atoms with Gasteiger partial charge < -0.3 is 9.47 Å². The molecule has 1 fully saturated rings. The molecule has 3 heteroatoms. The van der Waals surface area contributed by atoms with Crippen molar-refractivity contribution in [3.05, 3.63) is 0 Å². The zero-order chi connectivity index (χ0) is 7.56. The Bertz CT molecular complexity index is 110. The van der Waals surface area contributed by atoms with E-state index in [1.807, 2.05) is 0 Å². The molecule has 1 aliphatic heterocycles. The van der Waals surface area contributed by atoms with Gasteiger partial charge in [0.25, 0.3) is 0 Å². The van der Waals surface area contributed by atoms with Crippen molar-refractivity contribution in [2.45, 2.75) is 32.7 Å². The Morgan fingerprint density at radius 1 is 1.50 bits per heavy atom. The third-order valence-corrected chi connectivity index (χ3v) is 1.97. The predicted molar refractivity (Wildman–Crippen MR) is 43.8 cm³/mol. The SMILES string of the molecule is CCCN(C)B1OC1CC. The maximum absolute atomic E-state index is 5.41. The molecule has 0 saturated carbocycles. The van der Waals surface area contributed by atoms with E-state index in [2.05, 4.69) is 25.7 Å². The fraction of sp³-hybridized carbons (Fsp3) is 1.00. The van der Waals surface area contributed by atoms with Crippen LogP contribution in [-0.2, 0) is 4.65 Å². The molecule has 1 aliphatic rings. The lowest BCUT2D eigenvalue weighted by atomic mass is 9.84. The van der Waals surface area contributed by atoms with Crippen molar-refractivity contribution in [1.29, 1.82) is 0 Å². The van der Waals surface area contributed by atoms with Gasteiger partial charge in [-0.1, -0.05) is 13.8 Å². The van der Waals surface area contributed by atoms with Gasteiger partial charge in [-0.05, 0) is 26.4 Å². The Morgan fingerprint density at radius 2 is 2.20 bits per heavy atom. The van der Waals surface area contributed by atoms with E-state index >= 15 is 0 Å². The normalized spacial score (nSPS) is 24.0. The van der Waals surface area contributed by atoms with E-state index in [0.29, 0.717) is 13.1 Å². The molecule has 0 N–H and O–H groups in total. The minimum Gasteiger partial charge on any atom is -0.419 e. The van der Waals surface area contributed by atoms with Crippen LogP contribution in [0.25, 0.3) is 0 Å². The average Bonchev–Trinajstić information content (AvgIpc) is 2.66. The molecule has 58 valence electrons. The molecule has 10 heavy (non-hydrogen) atoms. The Hall–Kier alpha value is -0.0151. The van der Waals surface area contributed by atoms with Crippen molar-refractivity contribution < 1.29 is 4.65 Å². The smallest absolute Gasteiger partial charge is 0.410 e. The lowest BCUT2D eigenvalue weighted by Gasteiger charge is -2.08. The van der Waals surface area contributed by atoms with Gasteiger partial charge in [0.15, 0.2) is 0 Å². The van der Waals surface area contributed by atoms with Crippen molar-refractivity contribution in [2.24, 2.45) is 0 Å². The van der Waals surface area contributed by atoms with E-state index in [-0.39, 0.29) is 0 Å². The molecule has 1 rings (SSSR count). The molecular weight excluding hydrogens is 125 g/mol. The number of hydrogen-bond donors (Lipinski definition) is 0. The molecule has 0 aliphatic carbocycles. The molecule has 0 aromatic rings. The van der Waals surface area contributed by atoms with Crippen molar-refractivity contribution in [3.63, 3.8) is 0 Å². The van der Waals surface area contributed by atoms with E-state index in [1.54, 1.807) is 0 Å². The highest BCUT2D eigenvalue weighted by atomic mass is 16.5. The van der Waals surface area contributed by atoms with E-state index in [4.69, 9.17) is 4.65 Å². The number of rotatable bonds is 4. The molecule has 0 spiro atoms. The standard InChI is InChI=1S/C7H16BNO/c1-4-6-9(3)8-7(5-2)10-8/h7H,4-6H2,1-3H3. The second-order valence-corrected chi connectivity index (χ2v) is 2.95. The minimum absolute atomic E-state index is 0.435. The van der Waals surface area contributed by atoms with Gasteiger partial charge in [-0.15, -0.1) is 0 Å². The van der Waals surface area contributed by atoms with Crippen LogP contribution in [0.3, 0.4) is 0 Å². The van der Waals surface area contributed by atoms with E-state index in [1.165, 1.54) is 6.42 Å². The summed E-state index contributed by atoms with van der Waals surface area (Å²) in [4.78, 5) is 2.29. The first kappa shape index (κ1) is 8.09. The summed E-state index contributed by atoms with van der Waals surface area (Å²) in [5.41, 5.74) is 0. The van der Waals surface area contributed by atoms with Gasteiger partial charge in [-0.3, -0.25) is 0 Å². The lowest BCUT2D eigenvalue weighted by Crippen LogP contribution is -2.28. The minimum atomic E-state index is 0.435. The lowest BCUT2D eigenvalue weighted by molar-refractivity contribution is 0.420. The van der Waals surface area contributed by atoms with Crippen molar-refractivity contribution in [3.8, 4) is 0 Å². The molecular formula is C7H16BNO. The fourth-order valence-corrected chi connectivity index (χ4v) is 1.30. The van der Waals surface area contributed by atoms with Crippen molar-refractivity contribution in [2.75, 3.05) is 13.6 Å². The van der Waals surface area contributed by atoms with Crippen LogP contribution < -0.4 is 0 Å². The molecule has 0 aromatic heterocycles. The van der Waals surface area contributed by atoms with Gasteiger partial charge in [0.05, 0.1) is 6.00 Å². The van der Waals surface area contributed by atoms with E-state index < -0.39 is 0 Å². The molecule has 1 saturated heterocycles. The van der Waals surface area contributed by atoms with Crippen LogP contribution in [0.4, 0.5) is 0 Å². The highest BCUT2D eigenvalue weighted by Gasteiger charge is 2.46. The third-order valence-electron chi connectivity index (χ3n) is 1.97. The van der Waals surface area contributed by atoms with Gasteiger partial charge in [0.2, 0.25) is 0 Å². The first-order chi connectivity index (χ1) is 4.79. The molecule has 2 nitrogen and oxygen atoms in total. The molecule has 1 unspecified atom stereocenters. The first-order valence-electron chi connectivity index (χ1n) is 4.15. The molecule has 1 atom stereocenters. The summed E-state index contributed by atoms with van der Waals surface area (Å²) in [5.74, 6) is 0. The van der Waals surface area contributed by atoms with E-state index in [9.17, 15) is 0 Å². The van der Waals surface area contributed by atoms with Crippen molar-refractivity contribution >= 4 is 7.05 Å². The van der Waals surface area contributed by atoms with Crippen LogP contribution in [0.2, 0.25) is 0 Å². The van der Waals surface area contributed by atoms with Crippen LogP contribution >= 0.6 is 0 Å². The zero-order valence-electron chi connectivity index (χ0n) is 7.13. The summed E-state index contributed by atoms with van der Waals surface area (Å²) in [7, 11) is 2.56. The van der Waals surface area contributed by atoms with Gasteiger partial charge in [-0.25, -0.2) is 0 Å². The molecule has 0 amide bonds. The summed E-state index contributed by atoms with van der Waals surface area (Å²) in [5, 5.41) is 0. The predicted octanol–water partition coefficient (Wildman–Crippen LogP) is 1.16. The average molecular weight is 141 g/mol. The van der Waals surface area contributed by atoms with Crippen LogP contribution in [0.15, 0.2) is 0 Å². The Balaban J connectivity index is 2.12. The summed E-state index contributed by atoms with van der Waals surface area (Å²) in [6, 6.07) is 0.525. The Kier molecular flexibility index (Phi) is 2.75. The summed E-state index contributed by atoms with van der Waals surface area (Å²) in [6.45, 7) is 5.52. The van der Waals surface area contributed by atoms with Crippen LogP contribution in [0.5, 0.6) is 0 Å².